The van der Waals surface area contributed by atoms with Crippen LogP contribution >= 0.6 is 0 Å². The maximum atomic E-state index is 10.7. The SMILES string of the molecule is CCN1CC2(C[C@@H](O)[C@H](Nc3ncnc4[nH]ccc34)C2)C1C(C)C. The fourth-order valence-electron chi connectivity index (χ4n) is 5.21. The van der Waals surface area contributed by atoms with Crippen LogP contribution in [-0.4, -0.2) is 56.2 Å². The van der Waals surface area contributed by atoms with Crippen LogP contribution in [0.5, 0.6) is 0 Å². The molecule has 1 aliphatic carbocycles. The van der Waals surface area contributed by atoms with Crippen molar-refractivity contribution in [1.29, 1.82) is 0 Å². The maximum absolute atomic E-state index is 10.7. The number of nitrogens with zero attached hydrogens (tertiary/aromatic N) is 3. The van der Waals surface area contributed by atoms with Crippen LogP contribution in [-0.2, 0) is 0 Å². The van der Waals surface area contributed by atoms with E-state index >= 15 is 0 Å². The van der Waals surface area contributed by atoms with Crippen molar-refractivity contribution in [2.75, 3.05) is 18.4 Å². The minimum absolute atomic E-state index is 0.0539. The van der Waals surface area contributed by atoms with Gasteiger partial charge in [-0.05, 0) is 31.4 Å². The van der Waals surface area contributed by atoms with E-state index in [4.69, 9.17) is 0 Å². The Morgan fingerprint density at radius 1 is 1.42 bits per heavy atom. The molecule has 2 aromatic heterocycles. The lowest BCUT2D eigenvalue weighted by Crippen LogP contribution is -2.65. The van der Waals surface area contributed by atoms with Gasteiger partial charge in [0.25, 0.3) is 0 Å². The van der Waals surface area contributed by atoms with Gasteiger partial charge < -0.3 is 15.4 Å². The summed E-state index contributed by atoms with van der Waals surface area (Å²) in [6.45, 7) is 9.02. The van der Waals surface area contributed by atoms with E-state index in [2.05, 4.69) is 45.9 Å². The molecule has 1 saturated heterocycles. The fraction of sp³-hybridized carbons (Fsp3) is 0.667. The van der Waals surface area contributed by atoms with Gasteiger partial charge in [0, 0.05) is 24.2 Å². The van der Waals surface area contributed by atoms with E-state index in [9.17, 15) is 5.11 Å². The van der Waals surface area contributed by atoms with E-state index in [1.165, 1.54) is 0 Å². The Hall–Kier alpha value is -1.66. The van der Waals surface area contributed by atoms with E-state index in [-0.39, 0.29) is 17.6 Å². The predicted octanol–water partition coefficient (Wildman–Crippen LogP) is 2.24. The van der Waals surface area contributed by atoms with Crippen molar-refractivity contribution in [1.82, 2.24) is 19.9 Å². The van der Waals surface area contributed by atoms with Crippen molar-refractivity contribution in [3.8, 4) is 0 Å². The first-order chi connectivity index (χ1) is 11.5. The van der Waals surface area contributed by atoms with Crippen LogP contribution < -0.4 is 5.32 Å². The number of aliphatic hydroxyl groups is 1. The third-order valence-electron chi connectivity index (χ3n) is 5.96. The number of aromatic nitrogens is 3. The van der Waals surface area contributed by atoms with Crippen molar-refractivity contribution < 1.29 is 5.11 Å². The highest BCUT2D eigenvalue weighted by Gasteiger charge is 2.58. The van der Waals surface area contributed by atoms with E-state index in [0.717, 1.165) is 42.8 Å². The number of nitrogens with one attached hydrogen (secondary N) is 2. The largest absolute Gasteiger partial charge is 0.391 e. The van der Waals surface area contributed by atoms with E-state index < -0.39 is 0 Å². The quantitative estimate of drug-likeness (QED) is 0.802. The van der Waals surface area contributed by atoms with Gasteiger partial charge in [-0.15, -0.1) is 0 Å². The van der Waals surface area contributed by atoms with Gasteiger partial charge in [-0.2, -0.15) is 0 Å². The van der Waals surface area contributed by atoms with E-state index in [1.807, 2.05) is 12.3 Å². The van der Waals surface area contributed by atoms with Gasteiger partial charge in [0.2, 0.25) is 0 Å². The minimum Gasteiger partial charge on any atom is -0.391 e. The van der Waals surface area contributed by atoms with Gasteiger partial charge in [0.15, 0.2) is 0 Å². The predicted molar refractivity (Wildman–Crippen MR) is 94.8 cm³/mol. The van der Waals surface area contributed by atoms with Crippen LogP contribution in [0, 0.1) is 11.3 Å². The number of H-pyrrole nitrogens is 1. The minimum atomic E-state index is -0.325. The summed E-state index contributed by atoms with van der Waals surface area (Å²) in [6.07, 6.45) is 5.00. The number of anilines is 1. The molecule has 3 N–H and O–H groups in total. The van der Waals surface area contributed by atoms with Gasteiger partial charge in [-0.3, -0.25) is 4.90 Å². The van der Waals surface area contributed by atoms with Crippen molar-refractivity contribution in [3.05, 3.63) is 18.6 Å². The lowest BCUT2D eigenvalue weighted by atomic mass is 9.65. The molecule has 6 heteroatoms. The topological polar surface area (TPSA) is 77.1 Å². The average molecular weight is 329 g/mol. The van der Waals surface area contributed by atoms with E-state index in [1.54, 1.807) is 6.33 Å². The summed E-state index contributed by atoms with van der Waals surface area (Å²) in [5.41, 5.74) is 1.07. The Bertz CT molecular complexity index is 729. The number of aliphatic hydroxyl groups excluding tert-OH is 1. The second kappa shape index (κ2) is 5.70. The van der Waals surface area contributed by atoms with Crippen LogP contribution in [0.15, 0.2) is 18.6 Å². The van der Waals surface area contributed by atoms with Crippen LogP contribution in [0.4, 0.5) is 5.82 Å². The zero-order valence-electron chi connectivity index (χ0n) is 14.7. The van der Waals surface area contributed by atoms with Gasteiger partial charge in [-0.25, -0.2) is 9.97 Å². The molecule has 4 rings (SSSR count). The molecule has 0 aromatic carbocycles. The van der Waals surface area contributed by atoms with Crippen molar-refractivity contribution in [3.63, 3.8) is 0 Å². The van der Waals surface area contributed by atoms with Gasteiger partial charge in [0.1, 0.15) is 17.8 Å². The Morgan fingerprint density at radius 2 is 2.25 bits per heavy atom. The molecule has 3 heterocycles. The summed E-state index contributed by atoms with van der Waals surface area (Å²) in [5.74, 6) is 1.43. The molecule has 0 bridgehead atoms. The molecule has 2 aliphatic rings. The molecule has 130 valence electrons. The molecule has 2 aromatic rings. The Labute approximate surface area is 142 Å². The number of hydrogen-bond acceptors (Lipinski definition) is 5. The normalized spacial score (nSPS) is 33.5. The van der Waals surface area contributed by atoms with Crippen molar-refractivity contribution in [2.24, 2.45) is 11.3 Å². The Kier molecular flexibility index (Phi) is 3.77. The molecule has 1 spiro atoms. The lowest BCUT2D eigenvalue weighted by Gasteiger charge is -2.58. The first-order valence-corrected chi connectivity index (χ1v) is 9.01. The average Bonchev–Trinajstić information content (AvgIpc) is 3.11. The fourth-order valence-corrected chi connectivity index (χ4v) is 5.21. The highest BCUT2D eigenvalue weighted by atomic mass is 16.3. The summed E-state index contributed by atoms with van der Waals surface area (Å²) in [5, 5.41) is 15.2. The zero-order valence-corrected chi connectivity index (χ0v) is 14.7. The third kappa shape index (κ3) is 2.31. The Morgan fingerprint density at radius 3 is 3.00 bits per heavy atom. The lowest BCUT2D eigenvalue weighted by molar-refractivity contribution is -0.0961. The number of hydrogen-bond donors (Lipinski definition) is 3. The third-order valence-corrected chi connectivity index (χ3v) is 5.96. The zero-order chi connectivity index (χ0) is 16.9. The summed E-state index contributed by atoms with van der Waals surface area (Å²) in [6, 6.07) is 2.60. The molecule has 1 aliphatic heterocycles. The van der Waals surface area contributed by atoms with Crippen LogP contribution in [0.25, 0.3) is 11.0 Å². The molecule has 0 radical (unpaired) electrons. The standard InChI is InChI=1S/C18H27N5O/c1-4-23-9-18(15(23)11(2)3)7-13(14(24)8-18)22-17-12-5-6-19-16(12)20-10-21-17/h5-6,10-11,13-15,24H,4,7-9H2,1-3H3,(H2,19,20,21,22)/t13-,14-,15?,18?/m1/s1. The molecule has 2 fully saturated rings. The van der Waals surface area contributed by atoms with Crippen LogP contribution in [0.3, 0.4) is 0 Å². The highest BCUT2D eigenvalue weighted by Crippen LogP contribution is 2.53. The smallest absolute Gasteiger partial charge is 0.142 e. The second-order valence-electron chi connectivity index (χ2n) is 7.80. The second-order valence-corrected chi connectivity index (χ2v) is 7.80. The molecule has 6 nitrogen and oxygen atoms in total. The monoisotopic (exact) mass is 329 g/mol. The molecular formula is C18H27N5O. The number of rotatable bonds is 4. The van der Waals surface area contributed by atoms with Gasteiger partial charge in [-0.1, -0.05) is 20.8 Å². The molecule has 0 amide bonds. The molecule has 4 atom stereocenters. The van der Waals surface area contributed by atoms with Crippen LogP contribution in [0.1, 0.15) is 33.6 Å². The highest BCUT2D eigenvalue weighted by molar-refractivity contribution is 5.86. The number of likely N-dealkylation sites (tertiary alicyclic amines) is 1. The van der Waals surface area contributed by atoms with Gasteiger partial charge in [0.05, 0.1) is 17.5 Å². The first-order valence-electron chi connectivity index (χ1n) is 9.01. The van der Waals surface area contributed by atoms with Crippen LogP contribution in [0.2, 0.25) is 0 Å². The maximum Gasteiger partial charge on any atom is 0.142 e. The van der Waals surface area contributed by atoms with E-state index in [0.29, 0.717) is 12.0 Å². The first kappa shape index (κ1) is 15.8. The Balaban J connectivity index is 1.55. The molecule has 1 saturated carbocycles. The number of aromatic amines is 1. The van der Waals surface area contributed by atoms with Crippen molar-refractivity contribution >= 4 is 16.9 Å². The molecular weight excluding hydrogens is 302 g/mol. The summed E-state index contributed by atoms with van der Waals surface area (Å²) in [7, 11) is 0. The molecule has 24 heavy (non-hydrogen) atoms. The summed E-state index contributed by atoms with van der Waals surface area (Å²) < 4.78 is 0. The summed E-state index contributed by atoms with van der Waals surface area (Å²) in [4.78, 5) is 14.3. The summed E-state index contributed by atoms with van der Waals surface area (Å²) >= 11 is 0. The van der Waals surface area contributed by atoms with Gasteiger partial charge >= 0.3 is 0 Å². The molecule has 2 unspecified atom stereocenters. The van der Waals surface area contributed by atoms with Crippen molar-refractivity contribution in [2.45, 2.75) is 51.8 Å². The number of fused-ring (bicyclic) bond motifs is 1.